The maximum absolute atomic E-state index is 14.1. The van der Waals surface area contributed by atoms with E-state index in [0.29, 0.717) is 49.9 Å². The second-order valence-corrected chi connectivity index (χ2v) is 10.2. The summed E-state index contributed by atoms with van der Waals surface area (Å²) in [5, 5.41) is 3.71. The first-order chi connectivity index (χ1) is 16.0. The summed E-state index contributed by atoms with van der Waals surface area (Å²) in [5.41, 5.74) is 0.525. The third-order valence-corrected chi connectivity index (χ3v) is 7.79. The number of amides is 2. The second kappa shape index (κ2) is 11.6. The van der Waals surface area contributed by atoms with Gasteiger partial charge < -0.3 is 10.2 Å². The van der Waals surface area contributed by atoms with Gasteiger partial charge in [0.1, 0.15) is 5.82 Å². The van der Waals surface area contributed by atoms with Crippen LogP contribution < -0.4 is 5.32 Å². The van der Waals surface area contributed by atoms with Crippen molar-refractivity contribution in [1.82, 2.24) is 20.0 Å². The molecule has 1 aromatic rings. The van der Waals surface area contributed by atoms with E-state index in [2.05, 4.69) is 15.1 Å². The van der Waals surface area contributed by atoms with Crippen LogP contribution in [-0.2, 0) is 16.1 Å². The lowest BCUT2D eigenvalue weighted by Gasteiger charge is -2.37. The lowest BCUT2D eigenvalue weighted by Crippen LogP contribution is -2.52. The summed E-state index contributed by atoms with van der Waals surface area (Å²) >= 11 is 6.15. The first-order valence-corrected chi connectivity index (χ1v) is 12.8. The van der Waals surface area contributed by atoms with Gasteiger partial charge in [-0.3, -0.25) is 19.4 Å². The Kier molecular flexibility index (Phi) is 8.61. The van der Waals surface area contributed by atoms with Crippen LogP contribution >= 0.6 is 11.6 Å². The Morgan fingerprint density at radius 2 is 1.64 bits per heavy atom. The molecule has 2 saturated heterocycles. The molecule has 1 aliphatic carbocycles. The van der Waals surface area contributed by atoms with Crippen LogP contribution in [0.15, 0.2) is 18.2 Å². The quantitative estimate of drug-likeness (QED) is 0.681. The van der Waals surface area contributed by atoms with E-state index < -0.39 is 0 Å². The van der Waals surface area contributed by atoms with Gasteiger partial charge in [0.25, 0.3) is 0 Å². The summed E-state index contributed by atoms with van der Waals surface area (Å²) < 4.78 is 14.1. The van der Waals surface area contributed by atoms with Gasteiger partial charge in [0.05, 0.1) is 6.54 Å². The number of piperazine rings is 1. The molecule has 3 fully saturated rings. The van der Waals surface area contributed by atoms with Crippen molar-refractivity contribution >= 4 is 23.4 Å². The fourth-order valence-electron chi connectivity index (χ4n) is 5.27. The van der Waals surface area contributed by atoms with Gasteiger partial charge >= 0.3 is 0 Å². The maximum atomic E-state index is 14.1. The molecule has 33 heavy (non-hydrogen) atoms. The first-order valence-electron chi connectivity index (χ1n) is 12.5. The van der Waals surface area contributed by atoms with Crippen LogP contribution in [0.1, 0.15) is 50.5 Å². The van der Waals surface area contributed by atoms with E-state index in [0.717, 1.165) is 38.8 Å². The number of hydrogen-bond acceptors (Lipinski definition) is 4. The topological polar surface area (TPSA) is 55.9 Å². The van der Waals surface area contributed by atoms with E-state index in [1.54, 1.807) is 12.1 Å². The average molecular weight is 479 g/mol. The van der Waals surface area contributed by atoms with Gasteiger partial charge in [-0.25, -0.2) is 4.39 Å². The van der Waals surface area contributed by atoms with Gasteiger partial charge in [-0.2, -0.15) is 0 Å². The van der Waals surface area contributed by atoms with E-state index >= 15 is 0 Å². The van der Waals surface area contributed by atoms with E-state index in [1.807, 2.05) is 4.90 Å². The van der Waals surface area contributed by atoms with Crippen LogP contribution in [0, 0.1) is 11.7 Å². The summed E-state index contributed by atoms with van der Waals surface area (Å²) in [4.78, 5) is 31.6. The average Bonchev–Trinajstić information content (AvgIpc) is 2.83. The number of carbonyl (C=O) groups is 2. The molecule has 0 bridgehead atoms. The minimum Gasteiger partial charge on any atom is -0.353 e. The fraction of sp³-hybridized carbons (Fsp3) is 0.680. The van der Waals surface area contributed by atoms with Crippen molar-refractivity contribution in [2.24, 2.45) is 5.92 Å². The van der Waals surface area contributed by atoms with Gasteiger partial charge in [-0.05, 0) is 37.8 Å². The lowest BCUT2D eigenvalue weighted by molar-refractivity contribution is -0.135. The third-order valence-electron chi connectivity index (χ3n) is 7.44. The molecule has 1 N–H and O–H groups in total. The Morgan fingerprint density at radius 1 is 0.939 bits per heavy atom. The summed E-state index contributed by atoms with van der Waals surface area (Å²) in [6.45, 7) is 5.31. The molecular formula is C25H36ClFN4O2. The number of likely N-dealkylation sites (tertiary alicyclic amines) is 1. The summed E-state index contributed by atoms with van der Waals surface area (Å²) in [5.74, 6) is 0.313. The number of piperidine rings is 1. The van der Waals surface area contributed by atoms with Gasteiger partial charge in [-0.1, -0.05) is 36.9 Å². The number of carbonyl (C=O) groups excluding carboxylic acids is 2. The van der Waals surface area contributed by atoms with Crippen LogP contribution in [0.5, 0.6) is 0 Å². The summed E-state index contributed by atoms with van der Waals surface area (Å²) in [7, 11) is 0. The number of hydrogen-bond donors (Lipinski definition) is 1. The van der Waals surface area contributed by atoms with Crippen LogP contribution in [0.25, 0.3) is 0 Å². The molecule has 182 valence electrons. The smallest absolute Gasteiger partial charge is 0.236 e. The molecule has 0 aromatic heterocycles. The molecule has 2 aliphatic heterocycles. The molecule has 1 saturated carbocycles. The Hall–Kier alpha value is -1.70. The molecular weight excluding hydrogens is 443 g/mol. The number of benzene rings is 1. The second-order valence-electron chi connectivity index (χ2n) is 9.75. The van der Waals surface area contributed by atoms with Crippen LogP contribution in [0.4, 0.5) is 4.39 Å². The third kappa shape index (κ3) is 6.67. The Labute approximate surface area is 201 Å². The number of nitrogens with one attached hydrogen (secondary N) is 1. The van der Waals surface area contributed by atoms with Crippen molar-refractivity contribution in [3.63, 3.8) is 0 Å². The zero-order chi connectivity index (χ0) is 23.2. The maximum Gasteiger partial charge on any atom is 0.236 e. The Balaban J connectivity index is 1.15. The molecule has 0 atom stereocenters. The van der Waals surface area contributed by atoms with E-state index in [-0.39, 0.29) is 29.6 Å². The van der Waals surface area contributed by atoms with Gasteiger partial charge in [-0.15, -0.1) is 0 Å². The number of nitrogens with zero attached hydrogens (tertiary/aromatic N) is 3. The Morgan fingerprint density at radius 3 is 2.30 bits per heavy atom. The molecule has 0 spiro atoms. The monoisotopic (exact) mass is 478 g/mol. The molecule has 4 rings (SSSR count). The van der Waals surface area contributed by atoms with Crippen molar-refractivity contribution in [2.75, 3.05) is 45.8 Å². The van der Waals surface area contributed by atoms with Crippen molar-refractivity contribution in [1.29, 1.82) is 0 Å². The van der Waals surface area contributed by atoms with Crippen molar-refractivity contribution in [3.05, 3.63) is 34.6 Å². The van der Waals surface area contributed by atoms with Gasteiger partial charge in [0.15, 0.2) is 0 Å². The standard InChI is InChI=1S/C25H36ClFN4O2/c26-22-7-4-8-23(27)21(22)17-30-13-15-31(16-14-30)24(32)18-29-11-9-20(10-12-29)28-25(33)19-5-2-1-3-6-19/h4,7-8,19-20H,1-3,5-6,9-18H2,(H,28,33). The molecule has 6 nitrogen and oxygen atoms in total. The largest absolute Gasteiger partial charge is 0.353 e. The number of rotatable bonds is 6. The molecule has 1 aromatic carbocycles. The number of halogens is 2. The van der Waals surface area contributed by atoms with Crippen molar-refractivity contribution in [3.8, 4) is 0 Å². The highest BCUT2D eigenvalue weighted by molar-refractivity contribution is 6.31. The van der Waals surface area contributed by atoms with Crippen LogP contribution in [0.2, 0.25) is 5.02 Å². The zero-order valence-electron chi connectivity index (χ0n) is 19.4. The highest BCUT2D eigenvalue weighted by atomic mass is 35.5. The normalized spacial score (nSPS) is 21.8. The SMILES string of the molecule is O=C(NC1CCN(CC(=O)N2CCN(Cc3c(F)cccc3Cl)CC2)CC1)C1CCCCC1. The lowest BCUT2D eigenvalue weighted by atomic mass is 9.88. The minimum atomic E-state index is -0.278. The molecule has 0 unspecified atom stereocenters. The highest BCUT2D eigenvalue weighted by Crippen LogP contribution is 2.24. The molecule has 3 aliphatic rings. The van der Waals surface area contributed by atoms with Gasteiger partial charge in [0, 0.05) is 68.4 Å². The summed E-state index contributed by atoms with van der Waals surface area (Å²) in [6, 6.07) is 5.00. The predicted molar refractivity (Wildman–Crippen MR) is 127 cm³/mol. The van der Waals surface area contributed by atoms with E-state index in [9.17, 15) is 14.0 Å². The van der Waals surface area contributed by atoms with Crippen molar-refractivity contribution < 1.29 is 14.0 Å². The molecule has 2 heterocycles. The highest BCUT2D eigenvalue weighted by Gasteiger charge is 2.28. The van der Waals surface area contributed by atoms with Crippen LogP contribution in [0.3, 0.4) is 0 Å². The van der Waals surface area contributed by atoms with E-state index in [1.165, 1.54) is 25.3 Å². The Bertz CT molecular complexity index is 796. The van der Waals surface area contributed by atoms with E-state index in [4.69, 9.17) is 11.6 Å². The molecule has 0 radical (unpaired) electrons. The van der Waals surface area contributed by atoms with Gasteiger partial charge in [0.2, 0.25) is 11.8 Å². The molecule has 2 amide bonds. The van der Waals surface area contributed by atoms with Crippen molar-refractivity contribution in [2.45, 2.75) is 57.5 Å². The minimum absolute atomic E-state index is 0.156. The fourth-order valence-corrected chi connectivity index (χ4v) is 5.50. The summed E-state index contributed by atoms with van der Waals surface area (Å²) in [6.07, 6.45) is 7.46. The molecule has 8 heteroatoms. The predicted octanol–water partition coefficient (Wildman–Crippen LogP) is 3.28. The van der Waals surface area contributed by atoms with Crippen LogP contribution in [-0.4, -0.2) is 78.4 Å². The first kappa shape index (κ1) is 24.4. The zero-order valence-corrected chi connectivity index (χ0v) is 20.2.